The summed E-state index contributed by atoms with van der Waals surface area (Å²) in [5, 5.41) is 1.33. The summed E-state index contributed by atoms with van der Waals surface area (Å²) in [5.74, 6) is 1.69. The van der Waals surface area contributed by atoms with Crippen LogP contribution in [0.15, 0.2) is 34.9 Å². The first-order valence-electron chi connectivity index (χ1n) is 6.62. The third-order valence-electron chi connectivity index (χ3n) is 3.62. The van der Waals surface area contributed by atoms with E-state index >= 15 is 0 Å². The van der Waals surface area contributed by atoms with E-state index in [9.17, 15) is 0 Å². The van der Waals surface area contributed by atoms with Crippen LogP contribution in [0.25, 0.3) is 10.9 Å². The number of oxazole rings is 1. The van der Waals surface area contributed by atoms with Gasteiger partial charge in [0.2, 0.25) is 0 Å². The molecule has 0 N–H and O–H groups in total. The zero-order valence-corrected chi connectivity index (χ0v) is 11.6. The van der Waals surface area contributed by atoms with Gasteiger partial charge in [-0.3, -0.25) is 0 Å². The Morgan fingerprint density at radius 2 is 2.00 bits per heavy atom. The molecule has 98 valence electrons. The van der Waals surface area contributed by atoms with Crippen LogP contribution >= 0.6 is 0 Å². The van der Waals surface area contributed by atoms with Gasteiger partial charge in [-0.25, -0.2) is 4.98 Å². The van der Waals surface area contributed by atoms with Crippen molar-refractivity contribution in [2.24, 2.45) is 0 Å². The second kappa shape index (κ2) is 4.57. The van der Waals surface area contributed by atoms with Gasteiger partial charge >= 0.3 is 0 Å². The van der Waals surface area contributed by atoms with Gasteiger partial charge in [-0.1, -0.05) is 12.1 Å². The third kappa shape index (κ3) is 2.16. The Morgan fingerprint density at radius 1 is 1.16 bits per heavy atom. The zero-order chi connectivity index (χ0) is 13.4. The van der Waals surface area contributed by atoms with Crippen LogP contribution in [0.5, 0.6) is 0 Å². The fourth-order valence-electron chi connectivity index (χ4n) is 2.60. The summed E-state index contributed by atoms with van der Waals surface area (Å²) in [4.78, 5) is 4.43. The first-order valence-corrected chi connectivity index (χ1v) is 6.62. The molecule has 3 aromatic rings. The molecular weight excluding hydrogens is 236 g/mol. The zero-order valence-electron chi connectivity index (χ0n) is 11.6. The maximum Gasteiger partial charge on any atom is 0.191 e. The molecule has 0 fully saturated rings. The van der Waals surface area contributed by atoms with Crippen molar-refractivity contribution >= 4 is 10.9 Å². The lowest BCUT2D eigenvalue weighted by Gasteiger charge is -2.05. The summed E-state index contributed by atoms with van der Waals surface area (Å²) in [7, 11) is 0. The second-order valence-electron chi connectivity index (χ2n) is 5.00. The number of aromatic nitrogens is 2. The molecule has 3 nitrogen and oxygen atoms in total. The van der Waals surface area contributed by atoms with Gasteiger partial charge in [0.1, 0.15) is 5.76 Å². The average molecular weight is 254 g/mol. The van der Waals surface area contributed by atoms with Gasteiger partial charge in [0.15, 0.2) is 5.89 Å². The number of nitrogens with zero attached hydrogens (tertiary/aromatic N) is 2. The highest BCUT2D eigenvalue weighted by Crippen LogP contribution is 2.20. The van der Waals surface area contributed by atoms with Crippen molar-refractivity contribution in [1.82, 2.24) is 9.55 Å². The van der Waals surface area contributed by atoms with Gasteiger partial charge in [-0.2, -0.15) is 0 Å². The van der Waals surface area contributed by atoms with E-state index in [4.69, 9.17) is 4.42 Å². The Bertz CT molecular complexity index is 722. The van der Waals surface area contributed by atoms with Crippen LogP contribution in [-0.4, -0.2) is 9.55 Å². The van der Waals surface area contributed by atoms with Gasteiger partial charge in [-0.15, -0.1) is 0 Å². The van der Waals surface area contributed by atoms with Gasteiger partial charge in [0.25, 0.3) is 0 Å². The van der Waals surface area contributed by atoms with Crippen molar-refractivity contribution in [2.45, 2.75) is 33.7 Å². The smallest absolute Gasteiger partial charge is 0.191 e. The first kappa shape index (κ1) is 12.0. The van der Waals surface area contributed by atoms with E-state index in [2.05, 4.69) is 46.9 Å². The SMILES string of the molecule is Cc1nc(CCn2ccc3c(C)cccc32)c(C)o1. The quantitative estimate of drug-likeness (QED) is 0.712. The number of aryl methyl sites for hydroxylation is 5. The summed E-state index contributed by atoms with van der Waals surface area (Å²) in [6.07, 6.45) is 3.06. The molecular formula is C16H18N2O. The highest BCUT2D eigenvalue weighted by Gasteiger charge is 2.08. The molecule has 2 heterocycles. The monoisotopic (exact) mass is 254 g/mol. The highest BCUT2D eigenvalue weighted by molar-refractivity contribution is 5.83. The van der Waals surface area contributed by atoms with Crippen molar-refractivity contribution in [2.75, 3.05) is 0 Å². The van der Waals surface area contributed by atoms with Crippen molar-refractivity contribution in [3.05, 3.63) is 53.4 Å². The molecule has 0 saturated carbocycles. The highest BCUT2D eigenvalue weighted by atomic mass is 16.4. The Morgan fingerprint density at radius 3 is 2.74 bits per heavy atom. The largest absolute Gasteiger partial charge is 0.446 e. The van der Waals surface area contributed by atoms with E-state index < -0.39 is 0 Å². The lowest BCUT2D eigenvalue weighted by molar-refractivity contribution is 0.492. The average Bonchev–Trinajstić information content (AvgIpc) is 2.91. The van der Waals surface area contributed by atoms with E-state index in [1.54, 1.807) is 0 Å². The summed E-state index contributed by atoms with van der Waals surface area (Å²) in [6, 6.07) is 8.62. The molecule has 2 aromatic heterocycles. The molecule has 0 saturated heterocycles. The van der Waals surface area contributed by atoms with Crippen LogP contribution in [0.1, 0.15) is 22.9 Å². The standard InChI is InChI=1S/C16H18N2O/c1-11-5-4-6-16-14(11)7-9-18(16)10-8-15-12(2)19-13(3)17-15/h4-7,9H,8,10H2,1-3H3. The lowest BCUT2D eigenvalue weighted by atomic mass is 10.1. The Hall–Kier alpha value is -2.03. The van der Waals surface area contributed by atoms with Gasteiger partial charge in [0, 0.05) is 37.0 Å². The van der Waals surface area contributed by atoms with Crippen LogP contribution in [0.3, 0.4) is 0 Å². The Balaban J connectivity index is 1.86. The predicted molar refractivity (Wildman–Crippen MR) is 76.4 cm³/mol. The Kier molecular flexibility index (Phi) is 2.90. The number of hydrogen-bond acceptors (Lipinski definition) is 2. The molecule has 0 aliphatic heterocycles. The second-order valence-corrected chi connectivity index (χ2v) is 5.00. The molecule has 0 atom stereocenters. The maximum atomic E-state index is 5.47. The van der Waals surface area contributed by atoms with E-state index in [0.29, 0.717) is 0 Å². The fourth-order valence-corrected chi connectivity index (χ4v) is 2.60. The molecule has 0 aliphatic rings. The number of benzene rings is 1. The number of hydrogen-bond donors (Lipinski definition) is 0. The van der Waals surface area contributed by atoms with Crippen molar-refractivity contribution < 1.29 is 4.42 Å². The van der Waals surface area contributed by atoms with Gasteiger partial charge in [0.05, 0.1) is 5.69 Å². The summed E-state index contributed by atoms with van der Waals surface area (Å²) >= 11 is 0. The molecule has 0 unspecified atom stereocenters. The van der Waals surface area contributed by atoms with Crippen LogP contribution in [-0.2, 0) is 13.0 Å². The van der Waals surface area contributed by atoms with E-state index in [-0.39, 0.29) is 0 Å². The molecule has 0 bridgehead atoms. The van der Waals surface area contributed by atoms with Crippen LogP contribution in [0.2, 0.25) is 0 Å². The molecule has 0 spiro atoms. The van der Waals surface area contributed by atoms with Crippen molar-refractivity contribution in [3.63, 3.8) is 0 Å². The topological polar surface area (TPSA) is 31.0 Å². The maximum absolute atomic E-state index is 5.47. The minimum atomic E-state index is 0.751. The summed E-state index contributed by atoms with van der Waals surface area (Å²) < 4.78 is 7.75. The minimum absolute atomic E-state index is 0.751. The van der Waals surface area contributed by atoms with E-state index in [0.717, 1.165) is 30.3 Å². The predicted octanol–water partition coefficient (Wildman–Crippen LogP) is 3.80. The van der Waals surface area contributed by atoms with E-state index in [1.165, 1.54) is 16.5 Å². The van der Waals surface area contributed by atoms with Crippen molar-refractivity contribution in [1.29, 1.82) is 0 Å². The van der Waals surface area contributed by atoms with Crippen LogP contribution in [0, 0.1) is 20.8 Å². The summed E-state index contributed by atoms with van der Waals surface area (Å²) in [6.45, 7) is 6.95. The van der Waals surface area contributed by atoms with Crippen molar-refractivity contribution in [3.8, 4) is 0 Å². The molecule has 19 heavy (non-hydrogen) atoms. The summed E-state index contributed by atoms with van der Waals surface area (Å²) in [5.41, 5.74) is 3.68. The molecule has 0 aliphatic carbocycles. The molecule has 0 amide bonds. The first-order chi connectivity index (χ1) is 9.15. The number of fused-ring (bicyclic) bond motifs is 1. The van der Waals surface area contributed by atoms with E-state index in [1.807, 2.05) is 13.8 Å². The molecule has 3 rings (SSSR count). The van der Waals surface area contributed by atoms with Gasteiger partial charge in [-0.05, 0) is 31.5 Å². The minimum Gasteiger partial charge on any atom is -0.446 e. The fraction of sp³-hybridized carbons (Fsp3) is 0.312. The Labute approximate surface area is 112 Å². The van der Waals surface area contributed by atoms with Crippen LogP contribution in [0.4, 0.5) is 0 Å². The van der Waals surface area contributed by atoms with Crippen LogP contribution < -0.4 is 0 Å². The number of rotatable bonds is 3. The third-order valence-corrected chi connectivity index (χ3v) is 3.62. The molecule has 1 aromatic carbocycles. The van der Waals surface area contributed by atoms with Gasteiger partial charge < -0.3 is 8.98 Å². The molecule has 3 heteroatoms. The molecule has 0 radical (unpaired) electrons. The normalized spacial score (nSPS) is 11.3. The lowest BCUT2D eigenvalue weighted by Crippen LogP contribution is -2.01.